The summed E-state index contributed by atoms with van der Waals surface area (Å²) in [5.74, 6) is 1.32. The van der Waals surface area contributed by atoms with Crippen molar-refractivity contribution in [3.8, 4) is 5.75 Å². The Morgan fingerprint density at radius 2 is 2.04 bits per heavy atom. The molecular weight excluding hydrogens is 288 g/mol. The number of ether oxygens (including phenoxy) is 1. The van der Waals surface area contributed by atoms with Gasteiger partial charge in [0.2, 0.25) is 5.91 Å². The highest BCUT2D eigenvalue weighted by Crippen LogP contribution is 2.41. The van der Waals surface area contributed by atoms with Crippen LogP contribution in [0, 0.1) is 5.92 Å². The van der Waals surface area contributed by atoms with Gasteiger partial charge < -0.3 is 15.4 Å². The first-order valence-corrected chi connectivity index (χ1v) is 8.86. The molecule has 1 aromatic carbocycles. The van der Waals surface area contributed by atoms with E-state index in [1.54, 1.807) is 7.11 Å². The molecule has 2 N–H and O–H groups in total. The van der Waals surface area contributed by atoms with E-state index in [0.29, 0.717) is 0 Å². The number of methoxy groups -OCH3 is 1. The van der Waals surface area contributed by atoms with Crippen molar-refractivity contribution in [3.63, 3.8) is 0 Å². The van der Waals surface area contributed by atoms with Crippen molar-refractivity contribution >= 4 is 5.91 Å². The molecular formula is C19H28N2O2. The molecule has 1 aromatic rings. The van der Waals surface area contributed by atoms with Gasteiger partial charge in [0.05, 0.1) is 7.11 Å². The first-order valence-electron chi connectivity index (χ1n) is 8.86. The SMILES string of the molecule is COc1cccc(C2(CNC(=O)C3CCNCC3)CCCC2)c1. The first kappa shape index (κ1) is 16.3. The molecule has 0 unspecified atom stereocenters. The van der Waals surface area contributed by atoms with Crippen LogP contribution in [0.3, 0.4) is 0 Å². The minimum atomic E-state index is 0.0805. The second kappa shape index (κ2) is 7.35. The smallest absolute Gasteiger partial charge is 0.223 e. The fourth-order valence-electron chi connectivity index (χ4n) is 4.06. The van der Waals surface area contributed by atoms with Crippen LogP contribution in [0.15, 0.2) is 24.3 Å². The van der Waals surface area contributed by atoms with E-state index in [4.69, 9.17) is 4.74 Å². The third-order valence-corrected chi connectivity index (χ3v) is 5.55. The van der Waals surface area contributed by atoms with Gasteiger partial charge in [-0.15, -0.1) is 0 Å². The Bertz CT molecular complexity index is 532. The maximum absolute atomic E-state index is 12.5. The van der Waals surface area contributed by atoms with Crippen LogP contribution in [0.4, 0.5) is 0 Å². The summed E-state index contributed by atoms with van der Waals surface area (Å²) in [6.45, 7) is 2.67. The Hall–Kier alpha value is -1.55. The van der Waals surface area contributed by atoms with Gasteiger partial charge in [0.25, 0.3) is 0 Å². The van der Waals surface area contributed by atoms with Crippen LogP contribution >= 0.6 is 0 Å². The summed E-state index contributed by atoms with van der Waals surface area (Å²) in [7, 11) is 1.71. The third-order valence-electron chi connectivity index (χ3n) is 5.55. The van der Waals surface area contributed by atoms with Crippen molar-refractivity contribution in [1.29, 1.82) is 0 Å². The number of rotatable bonds is 5. The number of amides is 1. The van der Waals surface area contributed by atoms with Crippen molar-refractivity contribution in [3.05, 3.63) is 29.8 Å². The number of hydrogen-bond acceptors (Lipinski definition) is 3. The maximum Gasteiger partial charge on any atom is 0.223 e. The van der Waals surface area contributed by atoms with E-state index in [9.17, 15) is 4.79 Å². The predicted molar refractivity (Wildman–Crippen MR) is 91.7 cm³/mol. The largest absolute Gasteiger partial charge is 0.497 e. The summed E-state index contributed by atoms with van der Waals surface area (Å²) in [5, 5.41) is 6.58. The molecule has 4 heteroatoms. The molecule has 0 spiro atoms. The van der Waals surface area contributed by atoms with Gasteiger partial charge in [-0.25, -0.2) is 0 Å². The average molecular weight is 316 g/mol. The van der Waals surface area contributed by atoms with Crippen LogP contribution in [0.5, 0.6) is 5.75 Å². The van der Waals surface area contributed by atoms with Crippen LogP contribution in [-0.4, -0.2) is 32.7 Å². The molecule has 1 amide bonds. The monoisotopic (exact) mass is 316 g/mol. The van der Waals surface area contributed by atoms with Crippen LogP contribution < -0.4 is 15.4 Å². The molecule has 0 radical (unpaired) electrons. The number of nitrogens with one attached hydrogen (secondary N) is 2. The fourth-order valence-corrected chi connectivity index (χ4v) is 4.06. The lowest BCUT2D eigenvalue weighted by Crippen LogP contribution is -2.44. The van der Waals surface area contributed by atoms with Gasteiger partial charge in [-0.2, -0.15) is 0 Å². The fraction of sp³-hybridized carbons (Fsp3) is 0.632. The average Bonchev–Trinajstić information content (AvgIpc) is 3.11. The van der Waals surface area contributed by atoms with Gasteiger partial charge >= 0.3 is 0 Å². The van der Waals surface area contributed by atoms with E-state index in [0.717, 1.165) is 51.1 Å². The third kappa shape index (κ3) is 3.69. The van der Waals surface area contributed by atoms with Crippen molar-refractivity contribution < 1.29 is 9.53 Å². The Kier molecular flexibility index (Phi) is 5.21. The van der Waals surface area contributed by atoms with E-state index in [-0.39, 0.29) is 17.2 Å². The number of carbonyl (C=O) groups is 1. The van der Waals surface area contributed by atoms with Crippen molar-refractivity contribution in [2.24, 2.45) is 5.92 Å². The van der Waals surface area contributed by atoms with Gasteiger partial charge in [0.15, 0.2) is 0 Å². The Labute approximate surface area is 139 Å². The molecule has 0 aromatic heterocycles. The minimum absolute atomic E-state index is 0.0805. The highest BCUT2D eigenvalue weighted by atomic mass is 16.5. The zero-order chi connectivity index (χ0) is 16.1. The summed E-state index contributed by atoms with van der Waals surface area (Å²) in [6.07, 6.45) is 6.68. The number of piperidine rings is 1. The second-order valence-corrected chi connectivity index (χ2v) is 6.96. The van der Waals surface area contributed by atoms with Crippen LogP contribution in [0.2, 0.25) is 0 Å². The molecule has 4 nitrogen and oxygen atoms in total. The lowest BCUT2D eigenvalue weighted by molar-refractivity contribution is -0.126. The van der Waals surface area contributed by atoms with Crippen molar-refractivity contribution in [2.45, 2.75) is 43.9 Å². The zero-order valence-corrected chi connectivity index (χ0v) is 14.1. The van der Waals surface area contributed by atoms with Gasteiger partial charge in [0, 0.05) is 17.9 Å². The molecule has 1 aliphatic carbocycles. The Morgan fingerprint density at radius 1 is 1.30 bits per heavy atom. The van der Waals surface area contributed by atoms with Crippen LogP contribution in [-0.2, 0) is 10.2 Å². The van der Waals surface area contributed by atoms with E-state index < -0.39 is 0 Å². The summed E-state index contributed by atoms with van der Waals surface area (Å²) in [5.41, 5.74) is 1.39. The van der Waals surface area contributed by atoms with Gasteiger partial charge in [0.1, 0.15) is 5.75 Å². The highest BCUT2D eigenvalue weighted by molar-refractivity contribution is 5.78. The quantitative estimate of drug-likeness (QED) is 0.878. The molecule has 1 saturated heterocycles. The molecule has 2 aliphatic rings. The molecule has 2 fully saturated rings. The topological polar surface area (TPSA) is 50.4 Å². The Balaban J connectivity index is 1.69. The van der Waals surface area contributed by atoms with Gasteiger partial charge in [-0.05, 0) is 56.5 Å². The zero-order valence-electron chi connectivity index (χ0n) is 14.1. The van der Waals surface area contributed by atoms with Crippen LogP contribution in [0.25, 0.3) is 0 Å². The molecule has 1 aliphatic heterocycles. The number of carbonyl (C=O) groups excluding carboxylic acids is 1. The van der Waals surface area contributed by atoms with E-state index >= 15 is 0 Å². The summed E-state index contributed by atoms with van der Waals surface area (Å²) in [6, 6.07) is 8.37. The van der Waals surface area contributed by atoms with Crippen molar-refractivity contribution in [2.75, 3.05) is 26.7 Å². The van der Waals surface area contributed by atoms with E-state index in [1.165, 1.54) is 18.4 Å². The number of hydrogen-bond donors (Lipinski definition) is 2. The molecule has 1 heterocycles. The summed E-state index contributed by atoms with van der Waals surface area (Å²) < 4.78 is 5.39. The van der Waals surface area contributed by atoms with Gasteiger partial charge in [-0.3, -0.25) is 4.79 Å². The van der Waals surface area contributed by atoms with Crippen LogP contribution in [0.1, 0.15) is 44.1 Å². The minimum Gasteiger partial charge on any atom is -0.497 e. The molecule has 3 rings (SSSR count). The number of benzene rings is 1. The molecule has 23 heavy (non-hydrogen) atoms. The summed E-state index contributed by atoms with van der Waals surface area (Å²) in [4.78, 5) is 12.5. The normalized spacial score (nSPS) is 21.1. The Morgan fingerprint density at radius 3 is 2.74 bits per heavy atom. The van der Waals surface area contributed by atoms with E-state index in [2.05, 4.69) is 28.8 Å². The standard InChI is InChI=1S/C19H28N2O2/c1-23-17-6-4-5-16(13-17)19(9-2-3-10-19)14-21-18(22)15-7-11-20-12-8-15/h4-6,13,15,20H,2-3,7-12,14H2,1H3,(H,21,22). The molecule has 126 valence electrons. The lowest BCUT2D eigenvalue weighted by Gasteiger charge is -2.31. The molecule has 0 bridgehead atoms. The van der Waals surface area contributed by atoms with E-state index in [1.807, 2.05) is 6.07 Å². The highest BCUT2D eigenvalue weighted by Gasteiger charge is 2.36. The first-order chi connectivity index (χ1) is 11.2. The lowest BCUT2D eigenvalue weighted by atomic mass is 9.78. The van der Waals surface area contributed by atoms with Crippen molar-refractivity contribution in [1.82, 2.24) is 10.6 Å². The maximum atomic E-state index is 12.5. The molecule has 1 saturated carbocycles. The molecule has 0 atom stereocenters. The second-order valence-electron chi connectivity index (χ2n) is 6.96. The summed E-state index contributed by atoms with van der Waals surface area (Å²) >= 11 is 0. The predicted octanol–water partition coefficient (Wildman–Crippen LogP) is 2.62. The van der Waals surface area contributed by atoms with Gasteiger partial charge in [-0.1, -0.05) is 25.0 Å².